The topological polar surface area (TPSA) is 78.4 Å². The number of rotatable bonds is 6. The zero-order valence-electron chi connectivity index (χ0n) is 8.55. The summed E-state index contributed by atoms with van der Waals surface area (Å²) >= 11 is 3.08. The van der Waals surface area contributed by atoms with Crippen molar-refractivity contribution in [2.75, 3.05) is 6.54 Å². The highest BCUT2D eigenvalue weighted by Gasteiger charge is 2.18. The fourth-order valence-corrected chi connectivity index (χ4v) is 1.07. The van der Waals surface area contributed by atoms with Gasteiger partial charge in [-0.3, -0.25) is 0 Å². The van der Waals surface area contributed by atoms with Crippen LogP contribution in [0.3, 0.4) is 0 Å². The molecule has 5 nitrogen and oxygen atoms in total. The van der Waals surface area contributed by atoms with E-state index < -0.39 is 18.0 Å². The molecule has 0 radical (unpaired) electrons. The third-order valence-electron chi connectivity index (χ3n) is 1.62. The highest BCUT2D eigenvalue weighted by molar-refractivity contribution is 9.11. The lowest BCUT2D eigenvalue weighted by molar-refractivity contribution is -0.139. The van der Waals surface area contributed by atoms with E-state index in [9.17, 15) is 9.59 Å². The summed E-state index contributed by atoms with van der Waals surface area (Å²) in [4.78, 5) is 21.9. The summed E-state index contributed by atoms with van der Waals surface area (Å²) in [6.45, 7) is 5.66. The molecule has 0 aromatic heterocycles. The molecule has 3 N–H and O–H groups in total. The lowest BCUT2D eigenvalue weighted by Crippen LogP contribution is -2.46. The number of amides is 2. The minimum Gasteiger partial charge on any atom is -0.480 e. The summed E-state index contributed by atoms with van der Waals surface area (Å²) in [7, 11) is 0. The molecule has 0 rings (SSSR count). The average Bonchev–Trinajstić information content (AvgIpc) is 2.14. The van der Waals surface area contributed by atoms with E-state index in [2.05, 4.69) is 33.1 Å². The Hall–Kier alpha value is -1.04. The fourth-order valence-electron chi connectivity index (χ4n) is 0.932. The Morgan fingerprint density at radius 2 is 2.13 bits per heavy atom. The number of urea groups is 1. The van der Waals surface area contributed by atoms with Gasteiger partial charge < -0.3 is 15.7 Å². The number of carbonyl (C=O) groups excluding carboxylic acids is 1. The molecule has 0 spiro atoms. The van der Waals surface area contributed by atoms with Gasteiger partial charge in [-0.25, -0.2) is 9.59 Å². The molecular weight excluding hydrogens is 264 g/mol. The van der Waals surface area contributed by atoms with Crippen molar-refractivity contribution in [3.8, 4) is 0 Å². The van der Waals surface area contributed by atoms with Gasteiger partial charge in [0.05, 0.1) is 6.54 Å². The zero-order valence-corrected chi connectivity index (χ0v) is 10.1. The van der Waals surface area contributed by atoms with Gasteiger partial charge in [0, 0.05) is 4.48 Å². The highest BCUT2D eigenvalue weighted by atomic mass is 79.9. The molecule has 15 heavy (non-hydrogen) atoms. The molecule has 0 bridgehead atoms. The first-order valence-corrected chi connectivity index (χ1v) is 5.37. The molecule has 0 heterocycles. The third-order valence-corrected chi connectivity index (χ3v) is 1.90. The molecule has 86 valence electrons. The summed E-state index contributed by atoms with van der Waals surface area (Å²) in [6.07, 6.45) is 1.11. The first-order chi connectivity index (χ1) is 6.97. The summed E-state index contributed by atoms with van der Waals surface area (Å²) in [5.41, 5.74) is 0. The van der Waals surface area contributed by atoms with Crippen molar-refractivity contribution in [1.29, 1.82) is 0 Å². The molecule has 0 aliphatic heterocycles. The van der Waals surface area contributed by atoms with E-state index in [1.54, 1.807) is 0 Å². The van der Waals surface area contributed by atoms with Gasteiger partial charge in [0.2, 0.25) is 0 Å². The number of carbonyl (C=O) groups is 2. The molecule has 0 aromatic carbocycles. The Bertz CT molecular complexity index is 256. The van der Waals surface area contributed by atoms with E-state index in [0.29, 0.717) is 17.3 Å². The van der Waals surface area contributed by atoms with Crippen molar-refractivity contribution in [2.45, 2.75) is 25.8 Å². The summed E-state index contributed by atoms with van der Waals surface area (Å²) in [6, 6.07) is -1.34. The molecule has 0 aliphatic rings. The number of nitrogens with one attached hydrogen (secondary N) is 2. The van der Waals surface area contributed by atoms with Crippen LogP contribution < -0.4 is 10.6 Å². The lowest BCUT2D eigenvalue weighted by Gasteiger charge is -2.13. The van der Waals surface area contributed by atoms with Crippen LogP contribution >= 0.6 is 15.9 Å². The molecule has 0 saturated heterocycles. The monoisotopic (exact) mass is 278 g/mol. The quantitative estimate of drug-likeness (QED) is 0.688. The standard InChI is InChI=1S/C9H15BrN2O3/c1-3-4-7(8(13)14)12-9(15)11-5-6(2)10/h7H,2-5H2,1H3,(H,13,14)(H2,11,12,15)/t7-/m0/s1. The minimum atomic E-state index is -1.02. The first kappa shape index (κ1) is 14.0. The summed E-state index contributed by atoms with van der Waals surface area (Å²) < 4.78 is 0.625. The van der Waals surface area contributed by atoms with E-state index in [-0.39, 0.29) is 6.54 Å². The smallest absolute Gasteiger partial charge is 0.326 e. The van der Waals surface area contributed by atoms with Gasteiger partial charge in [-0.05, 0) is 6.42 Å². The van der Waals surface area contributed by atoms with E-state index in [1.165, 1.54) is 0 Å². The van der Waals surface area contributed by atoms with Crippen LogP contribution in [0.2, 0.25) is 0 Å². The van der Waals surface area contributed by atoms with Gasteiger partial charge in [0.1, 0.15) is 6.04 Å². The normalized spacial score (nSPS) is 11.6. The fraction of sp³-hybridized carbons (Fsp3) is 0.556. The third kappa shape index (κ3) is 6.96. The zero-order chi connectivity index (χ0) is 11.8. The maximum atomic E-state index is 11.2. The molecule has 6 heteroatoms. The van der Waals surface area contributed by atoms with E-state index in [1.807, 2.05) is 6.92 Å². The Kier molecular flexibility index (Phi) is 6.77. The van der Waals surface area contributed by atoms with Gasteiger partial charge in [-0.15, -0.1) is 0 Å². The van der Waals surface area contributed by atoms with Crippen LogP contribution in [0, 0.1) is 0 Å². The van der Waals surface area contributed by atoms with Crippen molar-refractivity contribution in [3.05, 3.63) is 11.1 Å². The molecular formula is C9H15BrN2O3. The van der Waals surface area contributed by atoms with E-state index in [0.717, 1.165) is 0 Å². The Balaban J connectivity index is 3.99. The summed E-state index contributed by atoms with van der Waals surface area (Å²) in [5.74, 6) is -1.02. The van der Waals surface area contributed by atoms with E-state index in [4.69, 9.17) is 5.11 Å². The van der Waals surface area contributed by atoms with Gasteiger partial charge in [0.25, 0.3) is 0 Å². The number of halogens is 1. The largest absolute Gasteiger partial charge is 0.480 e. The second kappa shape index (κ2) is 7.28. The molecule has 0 aliphatic carbocycles. The van der Waals surface area contributed by atoms with Crippen molar-refractivity contribution in [1.82, 2.24) is 10.6 Å². The van der Waals surface area contributed by atoms with Crippen LogP contribution in [0.1, 0.15) is 19.8 Å². The molecule has 0 fully saturated rings. The molecule has 2 amide bonds. The molecule has 0 aromatic rings. The number of aliphatic carboxylic acids is 1. The maximum absolute atomic E-state index is 11.2. The highest BCUT2D eigenvalue weighted by Crippen LogP contribution is 1.98. The SMILES string of the molecule is C=C(Br)CNC(=O)N[C@@H](CCC)C(=O)O. The van der Waals surface area contributed by atoms with Crippen molar-refractivity contribution in [2.24, 2.45) is 0 Å². The van der Waals surface area contributed by atoms with Crippen LogP contribution in [-0.2, 0) is 4.79 Å². The minimum absolute atomic E-state index is 0.268. The number of hydrogen-bond acceptors (Lipinski definition) is 2. The lowest BCUT2D eigenvalue weighted by atomic mass is 10.2. The van der Waals surface area contributed by atoms with Gasteiger partial charge in [-0.2, -0.15) is 0 Å². The Morgan fingerprint density at radius 1 is 1.53 bits per heavy atom. The number of hydrogen-bond donors (Lipinski definition) is 3. The van der Waals surface area contributed by atoms with Crippen LogP contribution in [0.15, 0.2) is 11.1 Å². The second-order valence-corrected chi connectivity index (χ2v) is 4.15. The van der Waals surface area contributed by atoms with Gasteiger partial charge >= 0.3 is 12.0 Å². The number of carboxylic acid groups (broad SMARTS) is 1. The van der Waals surface area contributed by atoms with Gasteiger partial charge in [-0.1, -0.05) is 35.9 Å². The van der Waals surface area contributed by atoms with Crippen LogP contribution in [0.4, 0.5) is 4.79 Å². The molecule has 1 atom stereocenters. The Morgan fingerprint density at radius 3 is 2.53 bits per heavy atom. The average molecular weight is 279 g/mol. The first-order valence-electron chi connectivity index (χ1n) is 4.57. The van der Waals surface area contributed by atoms with Crippen molar-refractivity contribution >= 4 is 27.9 Å². The van der Waals surface area contributed by atoms with Gasteiger partial charge in [0.15, 0.2) is 0 Å². The predicted molar refractivity (Wildman–Crippen MR) is 60.9 cm³/mol. The van der Waals surface area contributed by atoms with Crippen LogP contribution in [0.5, 0.6) is 0 Å². The number of carboxylic acids is 1. The van der Waals surface area contributed by atoms with E-state index >= 15 is 0 Å². The predicted octanol–water partition coefficient (Wildman–Crippen LogP) is 1.45. The van der Waals surface area contributed by atoms with Crippen molar-refractivity contribution in [3.63, 3.8) is 0 Å². The maximum Gasteiger partial charge on any atom is 0.326 e. The van der Waals surface area contributed by atoms with Crippen LogP contribution in [-0.4, -0.2) is 29.7 Å². The van der Waals surface area contributed by atoms with Crippen LogP contribution in [0.25, 0.3) is 0 Å². The van der Waals surface area contributed by atoms with Crippen molar-refractivity contribution < 1.29 is 14.7 Å². The molecule has 0 unspecified atom stereocenters. The molecule has 0 saturated carbocycles. The Labute approximate surface area is 97.1 Å². The summed E-state index contributed by atoms with van der Waals surface area (Å²) in [5, 5.41) is 13.6. The second-order valence-electron chi connectivity index (χ2n) is 3.02.